The maximum Gasteiger partial charge on any atom is 0.249 e. The normalized spacial score (nSPS) is 10.6. The molecule has 1 unspecified atom stereocenters. The molecule has 0 bridgehead atoms. The van der Waals surface area contributed by atoms with E-state index in [1.807, 2.05) is 44.1 Å². The molecule has 7 nitrogen and oxygen atoms in total. The highest BCUT2D eigenvalue weighted by Crippen LogP contribution is 2.14. The highest BCUT2D eigenvalue weighted by Gasteiger charge is 2.27. The summed E-state index contributed by atoms with van der Waals surface area (Å²) in [6.07, 6.45) is 3.57. The van der Waals surface area contributed by atoms with Crippen molar-refractivity contribution in [1.29, 1.82) is 5.26 Å². The van der Waals surface area contributed by atoms with Gasteiger partial charge in [-0.15, -0.1) is 0 Å². The summed E-state index contributed by atoms with van der Waals surface area (Å²) < 4.78 is 18.0. The Morgan fingerprint density at radius 2 is 1.79 bits per heavy atom. The molecule has 0 aliphatic rings. The molecule has 8 heteroatoms. The minimum Gasteiger partial charge on any atom is -0.486 e. The van der Waals surface area contributed by atoms with Crippen LogP contribution in [0.3, 0.4) is 0 Å². The number of rotatable bonds is 7. The molecule has 2 aromatic carbocycles. The van der Waals surface area contributed by atoms with Crippen LogP contribution in [0, 0.1) is 30.0 Å². The SMILES string of the molecule is CN(C)c1ccncc1.Cc1cccc(NC(=O)C(C#N)C(=O)COc2ccc(F)cc2)c1. The Balaban J connectivity index is 0.000000357. The second kappa shape index (κ2) is 12.6. The van der Waals surface area contributed by atoms with Gasteiger partial charge in [0.25, 0.3) is 0 Å². The minimum atomic E-state index is -1.48. The average Bonchev–Trinajstić information content (AvgIpc) is 2.80. The number of amides is 1. The van der Waals surface area contributed by atoms with Gasteiger partial charge in [-0.1, -0.05) is 12.1 Å². The lowest BCUT2D eigenvalue weighted by Gasteiger charge is -2.11. The van der Waals surface area contributed by atoms with Crippen molar-refractivity contribution in [2.45, 2.75) is 6.92 Å². The zero-order valence-corrected chi connectivity index (χ0v) is 18.7. The minimum absolute atomic E-state index is 0.278. The van der Waals surface area contributed by atoms with Gasteiger partial charge in [0.15, 0.2) is 11.7 Å². The number of ketones is 1. The number of Topliss-reactive ketones (excluding diaryl/α,β-unsaturated/α-hetero) is 1. The van der Waals surface area contributed by atoms with Crippen LogP contribution in [0.15, 0.2) is 73.1 Å². The van der Waals surface area contributed by atoms with Crippen LogP contribution in [0.25, 0.3) is 0 Å². The Hall–Kier alpha value is -4.25. The summed E-state index contributed by atoms with van der Waals surface area (Å²) >= 11 is 0. The molecule has 170 valence electrons. The van der Waals surface area contributed by atoms with Crippen LogP contribution < -0.4 is 15.0 Å². The predicted octanol–water partition coefficient (Wildman–Crippen LogP) is 4.01. The van der Waals surface area contributed by atoms with E-state index >= 15 is 0 Å². The van der Waals surface area contributed by atoms with Crippen molar-refractivity contribution in [3.05, 3.63) is 84.4 Å². The van der Waals surface area contributed by atoms with Crippen molar-refractivity contribution in [3.8, 4) is 11.8 Å². The van der Waals surface area contributed by atoms with E-state index in [1.165, 1.54) is 30.0 Å². The van der Waals surface area contributed by atoms with E-state index in [4.69, 9.17) is 10.00 Å². The van der Waals surface area contributed by atoms with Gasteiger partial charge in [-0.05, 0) is 61.0 Å². The number of hydrogen-bond donors (Lipinski definition) is 1. The van der Waals surface area contributed by atoms with Gasteiger partial charge in [0.1, 0.15) is 18.2 Å². The third-order valence-corrected chi connectivity index (χ3v) is 4.37. The van der Waals surface area contributed by atoms with Crippen LogP contribution in [0.1, 0.15) is 5.56 Å². The molecule has 1 atom stereocenters. The van der Waals surface area contributed by atoms with Crippen LogP contribution in [-0.4, -0.2) is 37.4 Å². The number of aromatic nitrogens is 1. The number of carbonyl (C=O) groups excluding carboxylic acids is 2. The monoisotopic (exact) mass is 448 g/mol. The molecule has 1 heterocycles. The van der Waals surface area contributed by atoms with E-state index in [0.717, 1.165) is 5.56 Å². The molecule has 0 saturated heterocycles. The summed E-state index contributed by atoms with van der Waals surface area (Å²) in [5.41, 5.74) is 2.63. The smallest absolute Gasteiger partial charge is 0.249 e. The standard InChI is InChI=1S/C18H15FN2O3.C7H10N2/c1-12-3-2-4-14(9-12)21-18(23)16(10-20)17(22)11-24-15-7-5-13(19)6-8-15;1-9(2)7-3-5-8-6-4-7/h2-9,16H,11H2,1H3,(H,21,23);3-6H,1-2H3. The van der Waals surface area contributed by atoms with Crippen molar-refractivity contribution in [1.82, 2.24) is 4.98 Å². The first-order valence-corrected chi connectivity index (χ1v) is 10.1. The number of halogens is 1. The van der Waals surface area contributed by atoms with Crippen LogP contribution in [0.5, 0.6) is 5.75 Å². The number of ether oxygens (including phenoxy) is 1. The Morgan fingerprint density at radius 1 is 1.12 bits per heavy atom. The van der Waals surface area contributed by atoms with Gasteiger partial charge in [0, 0.05) is 37.9 Å². The number of nitrogens with zero attached hydrogens (tertiary/aromatic N) is 3. The molecule has 1 aromatic heterocycles. The average molecular weight is 448 g/mol. The van der Waals surface area contributed by atoms with Gasteiger partial charge < -0.3 is 15.0 Å². The van der Waals surface area contributed by atoms with Crippen molar-refractivity contribution < 1.29 is 18.7 Å². The van der Waals surface area contributed by atoms with Crippen molar-refractivity contribution >= 4 is 23.1 Å². The van der Waals surface area contributed by atoms with Gasteiger partial charge >= 0.3 is 0 Å². The quantitative estimate of drug-likeness (QED) is 0.549. The lowest BCUT2D eigenvalue weighted by atomic mass is 10.1. The summed E-state index contributed by atoms with van der Waals surface area (Å²) in [4.78, 5) is 30.1. The second-order valence-electron chi connectivity index (χ2n) is 7.23. The topological polar surface area (TPSA) is 95.3 Å². The van der Waals surface area contributed by atoms with Crippen LogP contribution in [0.4, 0.5) is 15.8 Å². The third-order valence-electron chi connectivity index (χ3n) is 4.37. The molecule has 1 amide bonds. The third kappa shape index (κ3) is 8.42. The number of aryl methyl sites for hydroxylation is 1. The largest absolute Gasteiger partial charge is 0.486 e. The Morgan fingerprint density at radius 3 is 2.33 bits per heavy atom. The zero-order chi connectivity index (χ0) is 24.2. The van der Waals surface area contributed by atoms with E-state index in [2.05, 4.69) is 10.3 Å². The summed E-state index contributed by atoms with van der Waals surface area (Å²) in [5, 5.41) is 11.6. The van der Waals surface area contributed by atoms with Crippen LogP contribution in [0.2, 0.25) is 0 Å². The molecule has 0 saturated carbocycles. The number of benzene rings is 2. The number of nitriles is 1. The van der Waals surface area contributed by atoms with E-state index < -0.39 is 30.0 Å². The molecule has 0 fully saturated rings. The molecule has 33 heavy (non-hydrogen) atoms. The van der Waals surface area contributed by atoms with Gasteiger partial charge in [-0.25, -0.2) is 4.39 Å². The van der Waals surface area contributed by atoms with Gasteiger partial charge in [-0.3, -0.25) is 14.6 Å². The van der Waals surface area contributed by atoms with Crippen molar-refractivity contribution in [2.75, 3.05) is 30.9 Å². The number of nitrogens with one attached hydrogen (secondary N) is 1. The number of anilines is 2. The zero-order valence-electron chi connectivity index (χ0n) is 18.7. The fraction of sp³-hybridized carbons (Fsp3) is 0.200. The fourth-order valence-electron chi connectivity index (χ4n) is 2.62. The molecule has 0 radical (unpaired) electrons. The molecule has 3 aromatic rings. The Kier molecular flexibility index (Phi) is 9.53. The number of hydrogen-bond acceptors (Lipinski definition) is 6. The summed E-state index contributed by atoms with van der Waals surface area (Å²) in [6, 6.07) is 17.7. The Labute approximate surface area is 192 Å². The first-order valence-electron chi connectivity index (χ1n) is 10.1. The maximum atomic E-state index is 12.8. The lowest BCUT2D eigenvalue weighted by molar-refractivity contribution is -0.130. The van der Waals surface area contributed by atoms with Crippen LogP contribution >= 0.6 is 0 Å². The number of carbonyl (C=O) groups is 2. The van der Waals surface area contributed by atoms with E-state index in [0.29, 0.717) is 5.69 Å². The number of pyridine rings is 1. The molecular formula is C25H25FN4O3. The second-order valence-corrected chi connectivity index (χ2v) is 7.23. The Bertz CT molecular complexity index is 1100. The molecular weight excluding hydrogens is 423 g/mol. The molecule has 0 spiro atoms. The first-order chi connectivity index (χ1) is 15.8. The highest BCUT2D eigenvalue weighted by atomic mass is 19.1. The fourth-order valence-corrected chi connectivity index (χ4v) is 2.62. The molecule has 3 rings (SSSR count). The van der Waals surface area contributed by atoms with Gasteiger partial charge in [0.2, 0.25) is 5.91 Å². The summed E-state index contributed by atoms with van der Waals surface area (Å²) in [5.74, 6) is -3.02. The highest BCUT2D eigenvalue weighted by molar-refractivity contribution is 6.09. The van der Waals surface area contributed by atoms with E-state index in [1.54, 1.807) is 36.7 Å². The van der Waals surface area contributed by atoms with Crippen molar-refractivity contribution in [2.24, 2.45) is 5.92 Å². The van der Waals surface area contributed by atoms with Gasteiger partial charge in [-0.2, -0.15) is 5.26 Å². The van der Waals surface area contributed by atoms with E-state index in [-0.39, 0.29) is 5.75 Å². The lowest BCUT2D eigenvalue weighted by Crippen LogP contribution is -2.31. The van der Waals surface area contributed by atoms with Gasteiger partial charge in [0.05, 0.1) is 6.07 Å². The molecule has 1 N–H and O–H groups in total. The van der Waals surface area contributed by atoms with E-state index in [9.17, 15) is 14.0 Å². The van der Waals surface area contributed by atoms with Crippen molar-refractivity contribution in [3.63, 3.8) is 0 Å². The van der Waals surface area contributed by atoms with Crippen LogP contribution in [-0.2, 0) is 9.59 Å². The first kappa shape index (κ1) is 25.0. The summed E-state index contributed by atoms with van der Waals surface area (Å²) in [7, 11) is 4.02. The maximum absolute atomic E-state index is 12.8. The molecule has 0 aliphatic carbocycles. The summed E-state index contributed by atoms with van der Waals surface area (Å²) in [6.45, 7) is 1.41. The predicted molar refractivity (Wildman–Crippen MR) is 124 cm³/mol. The molecule has 0 aliphatic heterocycles.